The molecule has 6 aromatic carbocycles. The van der Waals surface area contributed by atoms with Crippen LogP contribution in [0.1, 0.15) is 0 Å². The smallest absolute Gasteiger partial charge is 0.297 e. The van der Waals surface area contributed by atoms with Gasteiger partial charge in [0.05, 0.1) is 54.8 Å². The average molecular weight is 1140 g/mol. The van der Waals surface area contributed by atoms with Gasteiger partial charge in [0.25, 0.3) is 56.3 Å². The number of nitro benzene ring substituents is 1. The van der Waals surface area contributed by atoms with Crippen molar-refractivity contribution in [3.05, 3.63) is 76.8 Å². The molecule has 0 saturated carbocycles. The minimum atomic E-state index is -5.68. The van der Waals surface area contributed by atoms with Crippen molar-refractivity contribution in [3.8, 4) is 11.5 Å². The molecule has 0 aliphatic carbocycles. The van der Waals surface area contributed by atoms with Crippen LogP contribution in [-0.2, 0) is 69.3 Å². The summed E-state index contributed by atoms with van der Waals surface area (Å²) in [6, 6.07) is 7.32. The molecule has 0 radical (unpaired) electrons. The molecule has 0 aromatic heterocycles. The van der Waals surface area contributed by atoms with Crippen LogP contribution in [0.4, 0.5) is 45.5 Å². The van der Waals surface area contributed by atoms with E-state index in [0.29, 0.717) is 36.4 Å². The fraction of sp³-hybridized carbons (Fsp3) is 0. The van der Waals surface area contributed by atoms with Gasteiger partial charge in [0, 0.05) is 28.3 Å². The highest BCUT2D eigenvalue weighted by Gasteiger charge is 2.30. The van der Waals surface area contributed by atoms with E-state index in [4.69, 9.17) is 16.2 Å². The zero-order chi connectivity index (χ0) is 53.5. The monoisotopic (exact) mass is 1140 g/mol. The summed E-state index contributed by atoms with van der Waals surface area (Å²) in [7, 11) is -27.0. The van der Waals surface area contributed by atoms with Gasteiger partial charge >= 0.3 is 0 Å². The molecule has 0 fully saturated rings. The van der Waals surface area contributed by atoms with Crippen LogP contribution in [0.25, 0.3) is 21.5 Å². The second kappa shape index (κ2) is 20.5. The molecule has 0 saturated heterocycles. The molecule has 0 spiro atoms. The molecule has 382 valence electrons. The summed E-state index contributed by atoms with van der Waals surface area (Å²) in [5, 5.41) is 77.1. The van der Waals surface area contributed by atoms with E-state index in [1.165, 1.54) is 0 Å². The number of benzene rings is 6. The molecule has 6 rings (SSSR count). The highest BCUT2D eigenvalue weighted by molar-refractivity contribution is 7.95. The largest absolute Gasteiger partial charge is 0.505 e. The molecule has 0 atom stereocenters. The first kappa shape index (κ1) is 54.8. The Balaban J connectivity index is 1.58. The summed E-state index contributed by atoms with van der Waals surface area (Å²) in [6.45, 7) is 0. The molecule has 72 heavy (non-hydrogen) atoms. The van der Waals surface area contributed by atoms with Gasteiger partial charge in [-0.2, -0.15) is 42.1 Å². The Bertz CT molecular complexity index is 3950. The third-order valence-electron chi connectivity index (χ3n) is 9.04. The number of nitrogens with two attached hydrogens (primary N) is 1. The summed E-state index contributed by atoms with van der Waals surface area (Å²) in [6.07, 6.45) is 0. The normalized spacial score (nSPS) is 13.1. The number of anilines is 1. The van der Waals surface area contributed by atoms with Crippen molar-refractivity contribution in [2.75, 3.05) is 5.73 Å². The number of azo groups is 3. The Kier molecular flexibility index (Phi) is 15.6. The number of nitrogen functional groups attached to an aromatic ring is 1. The van der Waals surface area contributed by atoms with E-state index >= 15 is 0 Å². The molecule has 0 bridgehead atoms. The van der Waals surface area contributed by atoms with Gasteiger partial charge < -0.3 is 15.9 Å². The molecule has 0 heterocycles. The fourth-order valence-electron chi connectivity index (χ4n) is 6.12. The second-order valence-corrected chi connectivity index (χ2v) is 21.8. The van der Waals surface area contributed by atoms with Crippen LogP contribution in [-0.4, -0.2) is 90.5 Å². The molecule has 6 aromatic rings. The van der Waals surface area contributed by atoms with E-state index < -0.39 is 163 Å². The molecule has 40 heteroatoms. The first-order valence-electron chi connectivity index (χ1n) is 17.7. The quantitative estimate of drug-likeness (QED) is 0.00771. The number of non-ortho nitro benzene ring substituents is 1. The van der Waals surface area contributed by atoms with Crippen LogP contribution in [0.15, 0.2) is 132 Å². The Labute approximate surface area is 407 Å². The van der Waals surface area contributed by atoms with Crippen LogP contribution in [0.3, 0.4) is 0 Å². The van der Waals surface area contributed by atoms with Crippen LogP contribution in [0.5, 0.6) is 11.5 Å². The molecule has 0 aliphatic heterocycles. The van der Waals surface area contributed by atoms with E-state index in [0.717, 1.165) is 30.3 Å². The topological polar surface area (TPSA) is 533 Å². The van der Waals surface area contributed by atoms with E-state index in [9.17, 15) is 85.2 Å². The van der Waals surface area contributed by atoms with Gasteiger partial charge in [0.15, 0.2) is 11.5 Å². The Morgan fingerprint density at radius 1 is 0.514 bits per heavy atom. The molecule has 0 aliphatic rings. The second-order valence-electron chi connectivity index (χ2n) is 13.3. The van der Waals surface area contributed by atoms with Gasteiger partial charge in [-0.25, -0.2) is 10.5 Å². The molecular formula is C32H22N8O25S7. The van der Waals surface area contributed by atoms with E-state index in [1.54, 1.807) is 0 Å². The third-order valence-corrected chi connectivity index (χ3v) is 14.8. The Morgan fingerprint density at radius 3 is 1.64 bits per heavy atom. The lowest BCUT2D eigenvalue weighted by Crippen LogP contribution is -2.03. The summed E-state index contributed by atoms with van der Waals surface area (Å²) in [5.74, 6) is -2.53. The van der Waals surface area contributed by atoms with Crippen LogP contribution >= 0.6 is 24.1 Å². The molecule has 11 N–H and O–H groups in total. The molecular weight excluding hydrogens is 1120 g/mol. The van der Waals surface area contributed by atoms with Gasteiger partial charge in [0.2, 0.25) is 0 Å². The van der Waals surface area contributed by atoms with Crippen molar-refractivity contribution in [1.29, 1.82) is 0 Å². The lowest BCUT2D eigenvalue weighted by molar-refractivity contribution is -0.432. The lowest BCUT2D eigenvalue weighted by atomic mass is 10.0. The Morgan fingerprint density at radius 2 is 1.07 bits per heavy atom. The van der Waals surface area contributed by atoms with Gasteiger partial charge in [-0.05, 0) is 54.6 Å². The number of nitro groups is 1. The van der Waals surface area contributed by atoms with Crippen LogP contribution in [0, 0.1) is 10.1 Å². The minimum Gasteiger partial charge on any atom is -0.505 e. The summed E-state index contributed by atoms with van der Waals surface area (Å²) < 4.78 is 183. The lowest BCUT2D eigenvalue weighted by Gasteiger charge is -2.15. The predicted molar refractivity (Wildman–Crippen MR) is 238 cm³/mol. The number of phenols is 2. The standard InChI is InChI=1S/C32H22N8O25S7/c33-27-20(11-23(69(50,51)52)16-9-22(67-65-63-46)28(31(42)26(16)27)38-34-17-4-1-12(40(43)44)7-24(17)70(53,54)55)37-35-18-5-3-14-15(32(18)72(59,60)61)10-25(71(56,57)58)29(30(14)41)39-36-19-8-13(68(47,48)49)2-6-21(19)66-64-62-45/h1-11,41-42,45-46H,33H2,(H,47,48,49)(H,50,51,52)(H,53,54,55)(H,56,57,58)(H,59,60,61). The van der Waals surface area contributed by atoms with Crippen molar-refractivity contribution in [2.45, 2.75) is 34.3 Å². The van der Waals surface area contributed by atoms with Crippen LogP contribution in [0.2, 0.25) is 0 Å². The summed E-state index contributed by atoms with van der Waals surface area (Å²) >= 11 is 0.133. The van der Waals surface area contributed by atoms with Crippen LogP contribution < -0.4 is 5.73 Å². The highest BCUT2D eigenvalue weighted by Crippen LogP contribution is 2.51. The predicted octanol–water partition coefficient (Wildman–Crippen LogP) is 7.23. The van der Waals surface area contributed by atoms with Crippen molar-refractivity contribution < 1.29 is 109 Å². The van der Waals surface area contributed by atoms with Crippen molar-refractivity contribution >= 4 is 142 Å². The van der Waals surface area contributed by atoms with Crippen molar-refractivity contribution in [3.63, 3.8) is 0 Å². The highest BCUT2D eigenvalue weighted by atomic mass is 32.2. The van der Waals surface area contributed by atoms with Gasteiger partial charge in [-0.15, -0.1) is 39.4 Å². The SMILES string of the molecule is Nc1c(N=Nc2ccc3c(O)c(N=Nc4cc(S(=O)(=O)O)ccc4SOOO)c(S(=O)(=O)O)cc3c2S(=O)(=O)O)cc(S(=O)(=O)O)c2cc(SOOO)c(N=Nc3ccc([N+](=O)[O-])cc3S(=O)(=O)O)c(O)c12. The van der Waals surface area contributed by atoms with E-state index in [-0.39, 0.29) is 29.0 Å². The van der Waals surface area contributed by atoms with Gasteiger partial charge in [0.1, 0.15) is 53.7 Å². The first-order chi connectivity index (χ1) is 33.4. The average Bonchev–Trinajstić information content (AvgIpc) is 3.27. The van der Waals surface area contributed by atoms with E-state index in [1.807, 2.05) is 0 Å². The number of phenolic OH excluding ortho intramolecular Hbond substituents is 2. The maximum Gasteiger partial charge on any atom is 0.297 e. The van der Waals surface area contributed by atoms with Gasteiger partial charge in [-0.1, -0.05) is 10.1 Å². The number of aromatic hydroxyl groups is 2. The number of nitrogens with zero attached hydrogens (tertiary/aromatic N) is 7. The van der Waals surface area contributed by atoms with E-state index in [2.05, 4.69) is 49.4 Å². The number of hydrogen-bond acceptors (Lipinski definition) is 29. The maximum atomic E-state index is 13.0. The zero-order valence-corrected chi connectivity index (χ0v) is 39.7. The summed E-state index contributed by atoms with van der Waals surface area (Å²) in [5.41, 5.74) is -0.650. The third kappa shape index (κ3) is 11.7. The molecule has 33 nitrogen and oxygen atoms in total. The van der Waals surface area contributed by atoms with Crippen molar-refractivity contribution in [1.82, 2.24) is 0 Å². The number of rotatable bonds is 18. The van der Waals surface area contributed by atoms with Crippen molar-refractivity contribution in [2.24, 2.45) is 30.7 Å². The summed E-state index contributed by atoms with van der Waals surface area (Å²) in [4.78, 5) is 3.42. The zero-order valence-electron chi connectivity index (χ0n) is 34.0. The molecule has 0 unspecified atom stereocenters. The fourth-order valence-corrected chi connectivity index (χ4v) is 10.3. The first-order valence-corrected chi connectivity index (χ1v) is 26.4. The van der Waals surface area contributed by atoms with Gasteiger partial charge in [-0.3, -0.25) is 32.9 Å². The minimum absolute atomic E-state index is 0.0314. The number of hydrogen-bond donors (Lipinski definition) is 10. The number of fused-ring (bicyclic) bond motifs is 2. The Hall–Kier alpha value is -6.55. The molecule has 0 amide bonds. The maximum absolute atomic E-state index is 13.0.